The van der Waals surface area contributed by atoms with Gasteiger partial charge >= 0.3 is 0 Å². The number of amides is 1. The molecular weight excluding hydrogens is 386 g/mol. The van der Waals surface area contributed by atoms with Crippen LogP contribution in [0.25, 0.3) is 11.4 Å². The number of hydrogen-bond acceptors (Lipinski definition) is 7. The van der Waals surface area contributed by atoms with Crippen LogP contribution >= 0.6 is 0 Å². The summed E-state index contributed by atoms with van der Waals surface area (Å²) < 4.78 is 5.37. The summed E-state index contributed by atoms with van der Waals surface area (Å²) in [6, 6.07) is 15.6. The molecule has 0 atom stereocenters. The summed E-state index contributed by atoms with van der Waals surface area (Å²) in [5.74, 6) is 0.868. The average molecular weight is 407 g/mol. The molecular formula is C21H21N5O4. The van der Waals surface area contributed by atoms with Crippen LogP contribution in [0, 0.1) is 16.0 Å². The summed E-state index contributed by atoms with van der Waals surface area (Å²) in [4.78, 5) is 29.6. The van der Waals surface area contributed by atoms with Crippen LogP contribution in [-0.4, -0.2) is 39.0 Å². The van der Waals surface area contributed by atoms with Gasteiger partial charge in [-0.2, -0.15) is 4.98 Å². The first-order valence-electron chi connectivity index (χ1n) is 9.74. The molecule has 0 radical (unpaired) electrons. The molecule has 2 heterocycles. The highest BCUT2D eigenvalue weighted by atomic mass is 16.6. The second kappa shape index (κ2) is 8.83. The molecule has 9 nitrogen and oxygen atoms in total. The number of nitrogens with one attached hydrogen (secondary N) is 1. The Morgan fingerprint density at radius 3 is 2.67 bits per heavy atom. The topological polar surface area (TPSA) is 114 Å². The number of likely N-dealkylation sites (tertiary alicyclic amines) is 1. The van der Waals surface area contributed by atoms with Gasteiger partial charge in [0, 0.05) is 29.3 Å². The summed E-state index contributed by atoms with van der Waals surface area (Å²) in [7, 11) is 0. The number of aromatic nitrogens is 2. The van der Waals surface area contributed by atoms with Gasteiger partial charge in [0.25, 0.3) is 5.69 Å². The van der Waals surface area contributed by atoms with E-state index in [0.29, 0.717) is 36.8 Å². The van der Waals surface area contributed by atoms with Crippen LogP contribution in [0.5, 0.6) is 0 Å². The first kappa shape index (κ1) is 19.7. The molecule has 1 aromatic heterocycles. The third-order valence-electron chi connectivity index (χ3n) is 5.14. The van der Waals surface area contributed by atoms with Crippen molar-refractivity contribution >= 4 is 17.3 Å². The van der Waals surface area contributed by atoms with E-state index < -0.39 is 4.92 Å². The Morgan fingerprint density at radius 1 is 1.17 bits per heavy atom. The molecule has 1 fully saturated rings. The number of non-ortho nitro benzene ring substituents is 1. The van der Waals surface area contributed by atoms with Crippen molar-refractivity contribution in [2.45, 2.75) is 19.4 Å². The maximum absolute atomic E-state index is 12.5. The number of carbonyl (C=O) groups is 1. The third kappa shape index (κ3) is 4.69. The van der Waals surface area contributed by atoms with Crippen LogP contribution in [0.1, 0.15) is 18.7 Å². The number of nitro groups is 1. The molecule has 1 saturated heterocycles. The number of hydrogen-bond donors (Lipinski definition) is 1. The highest BCUT2D eigenvalue weighted by Gasteiger charge is 2.26. The van der Waals surface area contributed by atoms with E-state index in [1.54, 1.807) is 12.1 Å². The van der Waals surface area contributed by atoms with E-state index in [4.69, 9.17) is 4.52 Å². The number of benzene rings is 2. The normalized spacial score (nSPS) is 15.1. The summed E-state index contributed by atoms with van der Waals surface area (Å²) in [6.07, 6.45) is 1.39. The molecule has 3 aromatic rings. The number of piperidine rings is 1. The molecule has 0 unspecified atom stereocenters. The minimum Gasteiger partial charge on any atom is -0.338 e. The van der Waals surface area contributed by atoms with Crippen molar-refractivity contribution < 1.29 is 14.2 Å². The van der Waals surface area contributed by atoms with E-state index in [-0.39, 0.29) is 17.5 Å². The number of carbonyl (C=O) groups excluding carboxylic acids is 1. The van der Waals surface area contributed by atoms with E-state index in [1.165, 1.54) is 12.1 Å². The zero-order valence-corrected chi connectivity index (χ0v) is 16.2. The Labute approximate surface area is 172 Å². The van der Waals surface area contributed by atoms with E-state index in [2.05, 4.69) is 20.4 Å². The van der Waals surface area contributed by atoms with Gasteiger partial charge in [-0.1, -0.05) is 41.6 Å². The average Bonchev–Trinajstić information content (AvgIpc) is 3.23. The maximum Gasteiger partial charge on any atom is 0.271 e. The van der Waals surface area contributed by atoms with Gasteiger partial charge in [0.15, 0.2) is 0 Å². The van der Waals surface area contributed by atoms with Crippen LogP contribution in [0.4, 0.5) is 11.4 Å². The van der Waals surface area contributed by atoms with Crippen LogP contribution in [-0.2, 0) is 11.3 Å². The van der Waals surface area contributed by atoms with Crippen molar-refractivity contribution in [1.29, 1.82) is 0 Å². The fourth-order valence-corrected chi connectivity index (χ4v) is 3.51. The highest BCUT2D eigenvalue weighted by molar-refractivity contribution is 5.92. The van der Waals surface area contributed by atoms with E-state index >= 15 is 0 Å². The molecule has 0 bridgehead atoms. The molecule has 1 N–H and O–H groups in total. The molecule has 30 heavy (non-hydrogen) atoms. The van der Waals surface area contributed by atoms with Crippen molar-refractivity contribution in [2.75, 3.05) is 18.4 Å². The van der Waals surface area contributed by atoms with E-state index in [1.807, 2.05) is 30.3 Å². The summed E-state index contributed by atoms with van der Waals surface area (Å²) in [5, 5.41) is 17.7. The van der Waals surface area contributed by atoms with Crippen molar-refractivity contribution in [3.8, 4) is 11.4 Å². The Kier molecular flexibility index (Phi) is 5.80. The Balaban J connectivity index is 1.29. The molecule has 9 heteroatoms. The minimum atomic E-state index is -0.477. The van der Waals surface area contributed by atoms with Crippen molar-refractivity contribution in [3.05, 3.63) is 70.6 Å². The summed E-state index contributed by atoms with van der Waals surface area (Å²) in [5.41, 5.74) is 1.30. The predicted octanol–water partition coefficient (Wildman–Crippen LogP) is 3.50. The lowest BCUT2D eigenvalue weighted by Crippen LogP contribution is -2.37. The zero-order valence-electron chi connectivity index (χ0n) is 16.2. The molecule has 1 aliphatic rings. The van der Waals surface area contributed by atoms with Gasteiger partial charge in [0.2, 0.25) is 17.6 Å². The van der Waals surface area contributed by atoms with Gasteiger partial charge < -0.3 is 9.84 Å². The smallest absolute Gasteiger partial charge is 0.271 e. The van der Waals surface area contributed by atoms with Crippen molar-refractivity contribution in [1.82, 2.24) is 15.0 Å². The third-order valence-corrected chi connectivity index (χ3v) is 5.14. The van der Waals surface area contributed by atoms with Crippen LogP contribution in [0.3, 0.4) is 0 Å². The van der Waals surface area contributed by atoms with E-state index in [9.17, 15) is 14.9 Å². The van der Waals surface area contributed by atoms with Gasteiger partial charge in [0.05, 0.1) is 11.5 Å². The lowest BCUT2D eigenvalue weighted by atomic mass is 9.96. The number of nitro benzene ring substituents is 1. The lowest BCUT2D eigenvalue weighted by Gasteiger charge is -2.30. The Hall–Kier alpha value is -3.59. The van der Waals surface area contributed by atoms with E-state index in [0.717, 1.165) is 18.7 Å². The van der Waals surface area contributed by atoms with Crippen LogP contribution in [0.2, 0.25) is 0 Å². The molecule has 0 spiro atoms. The van der Waals surface area contributed by atoms with Crippen LogP contribution in [0.15, 0.2) is 59.1 Å². The molecule has 2 aromatic carbocycles. The van der Waals surface area contributed by atoms with Gasteiger partial charge in [-0.3, -0.25) is 19.8 Å². The molecule has 1 amide bonds. The largest absolute Gasteiger partial charge is 0.338 e. The van der Waals surface area contributed by atoms with Gasteiger partial charge in [-0.25, -0.2) is 0 Å². The van der Waals surface area contributed by atoms with Crippen molar-refractivity contribution in [3.63, 3.8) is 0 Å². The molecule has 0 saturated carbocycles. The van der Waals surface area contributed by atoms with Crippen molar-refractivity contribution in [2.24, 2.45) is 5.92 Å². The van der Waals surface area contributed by atoms with Crippen LogP contribution < -0.4 is 5.32 Å². The Morgan fingerprint density at radius 2 is 1.93 bits per heavy atom. The number of nitrogens with zero attached hydrogens (tertiary/aromatic N) is 4. The first-order valence-corrected chi connectivity index (χ1v) is 9.74. The fourth-order valence-electron chi connectivity index (χ4n) is 3.51. The molecule has 4 rings (SSSR count). The second-order valence-corrected chi connectivity index (χ2v) is 7.22. The summed E-state index contributed by atoms with van der Waals surface area (Å²) >= 11 is 0. The quantitative estimate of drug-likeness (QED) is 0.491. The molecule has 0 aliphatic carbocycles. The lowest BCUT2D eigenvalue weighted by molar-refractivity contribution is -0.384. The summed E-state index contributed by atoms with van der Waals surface area (Å²) in [6.45, 7) is 2.01. The highest BCUT2D eigenvalue weighted by Crippen LogP contribution is 2.23. The van der Waals surface area contributed by atoms with Gasteiger partial charge in [-0.05, 0) is 32.0 Å². The predicted molar refractivity (Wildman–Crippen MR) is 109 cm³/mol. The first-order chi connectivity index (χ1) is 14.6. The number of rotatable bonds is 6. The minimum absolute atomic E-state index is 0.0444. The molecule has 154 valence electrons. The van der Waals surface area contributed by atoms with Gasteiger partial charge in [0.1, 0.15) is 0 Å². The zero-order chi connectivity index (χ0) is 20.9. The van der Waals surface area contributed by atoms with Gasteiger partial charge in [-0.15, -0.1) is 0 Å². The maximum atomic E-state index is 12.5. The Bertz CT molecular complexity index is 1030. The monoisotopic (exact) mass is 407 g/mol. The standard InChI is InChI=1S/C21H21N5O4/c27-21(22-17-7-4-8-18(13-17)26(28)29)16-9-11-25(12-10-16)14-19-23-20(24-30-19)15-5-2-1-3-6-15/h1-8,13,16H,9-12,14H2,(H,22,27). The number of anilines is 1. The molecule has 1 aliphatic heterocycles. The SMILES string of the molecule is O=C(Nc1cccc([N+](=O)[O-])c1)C1CCN(Cc2nc(-c3ccccc3)no2)CC1. The fraction of sp³-hybridized carbons (Fsp3) is 0.286. The second-order valence-electron chi connectivity index (χ2n) is 7.22.